The molecule has 23 heavy (non-hydrogen) atoms. The Morgan fingerprint density at radius 2 is 2.13 bits per heavy atom. The number of carbonyl (C=O) groups excluding carboxylic acids is 1. The minimum Gasteiger partial charge on any atom is -0.496 e. The van der Waals surface area contributed by atoms with Gasteiger partial charge in [-0.25, -0.2) is 5.10 Å². The molecule has 1 saturated carbocycles. The number of amides is 1. The Morgan fingerprint density at radius 1 is 1.39 bits per heavy atom. The molecule has 2 N–H and O–H groups in total. The van der Waals surface area contributed by atoms with Gasteiger partial charge in [0.25, 0.3) is 11.5 Å². The zero-order valence-electron chi connectivity index (χ0n) is 13.1. The van der Waals surface area contributed by atoms with Crippen molar-refractivity contribution < 1.29 is 9.53 Å². The summed E-state index contributed by atoms with van der Waals surface area (Å²) in [5.74, 6) is 0.654. The second kappa shape index (κ2) is 6.24. The summed E-state index contributed by atoms with van der Waals surface area (Å²) in [5.41, 5.74) is 1.26. The molecule has 1 aromatic heterocycles. The number of carbonyl (C=O) groups is 1. The largest absolute Gasteiger partial charge is 0.496 e. The number of aromatic amines is 1. The molecule has 0 saturated heterocycles. The quantitative estimate of drug-likeness (QED) is 0.886. The third-order valence-electron chi connectivity index (χ3n) is 4.02. The van der Waals surface area contributed by atoms with Gasteiger partial charge >= 0.3 is 0 Å². The minimum atomic E-state index is -0.473. The lowest BCUT2D eigenvalue weighted by Gasteiger charge is -2.17. The van der Waals surface area contributed by atoms with Gasteiger partial charge in [0.2, 0.25) is 0 Å². The van der Waals surface area contributed by atoms with Gasteiger partial charge in [0.1, 0.15) is 11.3 Å². The van der Waals surface area contributed by atoms with Crippen LogP contribution in [0.25, 0.3) is 0 Å². The first kappa shape index (κ1) is 15.3. The Bertz CT molecular complexity index is 781. The molecule has 1 fully saturated rings. The molecular weight excluding hydrogens is 294 g/mol. The molecule has 0 aliphatic heterocycles. The highest BCUT2D eigenvalue weighted by Gasteiger charge is 2.27. The van der Waals surface area contributed by atoms with E-state index < -0.39 is 11.5 Å². The Morgan fingerprint density at radius 3 is 2.83 bits per heavy atom. The topological polar surface area (TPSA) is 84.1 Å². The first-order valence-corrected chi connectivity index (χ1v) is 7.63. The number of H-pyrrole nitrogens is 1. The van der Waals surface area contributed by atoms with Gasteiger partial charge in [0, 0.05) is 11.5 Å². The molecule has 6 heteroatoms. The van der Waals surface area contributed by atoms with Crippen LogP contribution >= 0.6 is 0 Å². The van der Waals surface area contributed by atoms with Gasteiger partial charge in [0.05, 0.1) is 18.8 Å². The van der Waals surface area contributed by atoms with Crippen molar-refractivity contribution in [3.8, 4) is 5.75 Å². The van der Waals surface area contributed by atoms with Crippen LogP contribution in [-0.2, 0) is 0 Å². The molecule has 1 aliphatic rings. The lowest BCUT2D eigenvalue weighted by molar-refractivity contribution is 0.0937. The Kier molecular flexibility index (Phi) is 4.14. The zero-order chi connectivity index (χ0) is 16.4. The van der Waals surface area contributed by atoms with Gasteiger partial charge in [-0.15, -0.1) is 0 Å². The SMILES string of the molecule is COc1ccccc1[C@H](C)NC(=O)c1cc(C2CC2)n[nH]c1=O. The first-order chi connectivity index (χ1) is 11.1. The van der Waals surface area contributed by atoms with Crippen molar-refractivity contribution in [1.29, 1.82) is 0 Å². The molecule has 1 atom stereocenters. The molecule has 6 nitrogen and oxygen atoms in total. The maximum atomic E-state index is 12.4. The van der Waals surface area contributed by atoms with E-state index in [0.29, 0.717) is 11.7 Å². The zero-order valence-corrected chi connectivity index (χ0v) is 13.1. The maximum Gasteiger partial charge on any atom is 0.277 e. The van der Waals surface area contributed by atoms with Crippen molar-refractivity contribution in [1.82, 2.24) is 15.5 Å². The summed E-state index contributed by atoms with van der Waals surface area (Å²) in [5, 5.41) is 9.27. The van der Waals surface area contributed by atoms with E-state index in [4.69, 9.17) is 4.74 Å². The Hall–Kier alpha value is -2.63. The summed E-state index contributed by atoms with van der Waals surface area (Å²) >= 11 is 0. The van der Waals surface area contributed by atoms with Crippen molar-refractivity contribution in [3.63, 3.8) is 0 Å². The Labute approximate surface area is 133 Å². The molecule has 0 radical (unpaired) electrons. The van der Waals surface area contributed by atoms with Crippen LogP contribution in [0.3, 0.4) is 0 Å². The normalized spacial score (nSPS) is 15.0. The molecule has 1 amide bonds. The van der Waals surface area contributed by atoms with Crippen LogP contribution in [-0.4, -0.2) is 23.2 Å². The lowest BCUT2D eigenvalue weighted by atomic mass is 10.1. The van der Waals surface area contributed by atoms with Gasteiger partial charge in [-0.2, -0.15) is 5.10 Å². The van der Waals surface area contributed by atoms with Crippen LogP contribution in [0.1, 0.15) is 53.3 Å². The number of hydrogen-bond acceptors (Lipinski definition) is 4. The minimum absolute atomic E-state index is 0.101. The highest BCUT2D eigenvalue weighted by atomic mass is 16.5. The number of para-hydroxylation sites is 1. The number of ether oxygens (including phenoxy) is 1. The fourth-order valence-electron chi connectivity index (χ4n) is 2.55. The van der Waals surface area contributed by atoms with Gasteiger partial charge in [0.15, 0.2) is 0 Å². The summed E-state index contributed by atoms with van der Waals surface area (Å²) in [6, 6.07) is 8.78. The highest BCUT2D eigenvalue weighted by Crippen LogP contribution is 2.38. The van der Waals surface area contributed by atoms with Crippen LogP contribution in [0.2, 0.25) is 0 Å². The maximum absolute atomic E-state index is 12.4. The van der Waals surface area contributed by atoms with E-state index in [1.807, 2.05) is 31.2 Å². The number of rotatable bonds is 5. The molecule has 1 heterocycles. The second-order valence-corrected chi connectivity index (χ2v) is 5.75. The molecule has 2 aromatic rings. The average Bonchev–Trinajstić information content (AvgIpc) is 3.40. The lowest BCUT2D eigenvalue weighted by Crippen LogP contribution is -2.32. The number of nitrogens with one attached hydrogen (secondary N) is 2. The summed E-state index contributed by atoms with van der Waals surface area (Å²) < 4.78 is 5.31. The van der Waals surface area contributed by atoms with Gasteiger partial charge in [-0.1, -0.05) is 18.2 Å². The fraction of sp³-hybridized carbons (Fsp3) is 0.353. The van der Waals surface area contributed by atoms with Crippen molar-refractivity contribution in [3.05, 3.63) is 57.5 Å². The van der Waals surface area contributed by atoms with Crippen LogP contribution in [0, 0.1) is 0 Å². The molecule has 120 valence electrons. The number of nitrogens with zero attached hydrogens (tertiary/aromatic N) is 1. The summed E-state index contributed by atoms with van der Waals surface area (Å²) in [4.78, 5) is 24.3. The monoisotopic (exact) mass is 313 g/mol. The average molecular weight is 313 g/mol. The van der Waals surface area contributed by atoms with E-state index in [1.54, 1.807) is 13.2 Å². The summed E-state index contributed by atoms with van der Waals surface area (Å²) in [7, 11) is 1.59. The highest BCUT2D eigenvalue weighted by molar-refractivity contribution is 5.94. The van der Waals surface area contributed by atoms with Gasteiger partial charge in [-0.05, 0) is 31.9 Å². The predicted molar refractivity (Wildman–Crippen MR) is 85.7 cm³/mol. The third-order valence-corrected chi connectivity index (χ3v) is 4.02. The fourth-order valence-corrected chi connectivity index (χ4v) is 2.55. The van der Waals surface area contributed by atoms with E-state index in [0.717, 1.165) is 24.1 Å². The second-order valence-electron chi connectivity index (χ2n) is 5.75. The molecule has 0 bridgehead atoms. The number of aromatic nitrogens is 2. The van der Waals surface area contributed by atoms with Crippen molar-refractivity contribution in [2.45, 2.75) is 31.7 Å². The van der Waals surface area contributed by atoms with E-state index in [2.05, 4.69) is 15.5 Å². The van der Waals surface area contributed by atoms with Crippen LogP contribution < -0.4 is 15.6 Å². The van der Waals surface area contributed by atoms with Crippen molar-refractivity contribution in [2.75, 3.05) is 7.11 Å². The smallest absolute Gasteiger partial charge is 0.277 e. The first-order valence-electron chi connectivity index (χ1n) is 7.63. The van der Waals surface area contributed by atoms with E-state index in [1.165, 1.54) is 0 Å². The van der Waals surface area contributed by atoms with Crippen LogP contribution in [0.4, 0.5) is 0 Å². The predicted octanol–water partition coefficient (Wildman–Crippen LogP) is 2.15. The Balaban J connectivity index is 1.81. The van der Waals surface area contributed by atoms with E-state index >= 15 is 0 Å². The van der Waals surface area contributed by atoms with Crippen LogP contribution in [0.5, 0.6) is 5.75 Å². The standard InChI is InChI=1S/C17H19N3O3/c1-10(12-5-3-4-6-15(12)23-2)18-16(21)13-9-14(11-7-8-11)19-20-17(13)22/h3-6,9-11H,7-8H2,1-2H3,(H,18,21)(H,20,22)/t10-/m0/s1. The molecule has 1 aromatic carbocycles. The number of hydrogen-bond donors (Lipinski definition) is 2. The molecular formula is C17H19N3O3. The molecule has 0 spiro atoms. The number of methoxy groups -OCH3 is 1. The van der Waals surface area contributed by atoms with Crippen molar-refractivity contribution >= 4 is 5.91 Å². The molecule has 3 rings (SSSR count). The molecule has 0 unspecified atom stereocenters. The summed E-state index contributed by atoms with van der Waals surface area (Å²) in [6.45, 7) is 1.85. The van der Waals surface area contributed by atoms with E-state index in [9.17, 15) is 9.59 Å². The summed E-state index contributed by atoms with van der Waals surface area (Å²) in [6.07, 6.45) is 2.11. The van der Waals surface area contributed by atoms with Gasteiger partial charge in [-0.3, -0.25) is 9.59 Å². The van der Waals surface area contributed by atoms with Crippen LogP contribution in [0.15, 0.2) is 35.1 Å². The van der Waals surface area contributed by atoms with Crippen molar-refractivity contribution in [2.24, 2.45) is 0 Å². The van der Waals surface area contributed by atoms with Gasteiger partial charge < -0.3 is 10.1 Å². The number of benzene rings is 1. The third kappa shape index (κ3) is 3.26. The van der Waals surface area contributed by atoms with E-state index in [-0.39, 0.29) is 11.6 Å². The molecule has 1 aliphatic carbocycles.